The highest BCUT2D eigenvalue weighted by atomic mass is 35.5. The van der Waals surface area contributed by atoms with Gasteiger partial charge in [0.05, 0.1) is 23.8 Å². The van der Waals surface area contributed by atoms with Crippen LogP contribution in [0.4, 0.5) is 0 Å². The summed E-state index contributed by atoms with van der Waals surface area (Å²) in [6.45, 7) is 8.01. The van der Waals surface area contributed by atoms with Crippen LogP contribution in [0.2, 0.25) is 5.02 Å². The van der Waals surface area contributed by atoms with Crippen LogP contribution in [-0.2, 0) is 9.53 Å². The van der Waals surface area contributed by atoms with Crippen LogP contribution in [0.3, 0.4) is 0 Å². The molecule has 0 aromatic heterocycles. The van der Waals surface area contributed by atoms with Gasteiger partial charge in [0.25, 0.3) is 5.91 Å². The first-order valence-electron chi connectivity index (χ1n) is 8.64. The van der Waals surface area contributed by atoms with E-state index in [-0.39, 0.29) is 17.8 Å². The van der Waals surface area contributed by atoms with Gasteiger partial charge < -0.3 is 15.2 Å². The monoisotopic (exact) mass is 361 g/mol. The fourth-order valence-electron chi connectivity index (χ4n) is 4.04. The van der Waals surface area contributed by atoms with Gasteiger partial charge in [-0.2, -0.15) is 0 Å². The molecule has 5 heteroatoms. The van der Waals surface area contributed by atoms with Crippen molar-refractivity contribution in [3.63, 3.8) is 0 Å². The number of hydrogen-bond acceptors (Lipinski definition) is 3. The van der Waals surface area contributed by atoms with Crippen molar-refractivity contribution in [3.05, 3.63) is 52.3 Å². The molecule has 3 rings (SSSR count). The molecule has 2 aliphatic rings. The minimum atomic E-state index is -0.668. The molecule has 1 amide bonds. The molecule has 0 saturated heterocycles. The Bertz CT molecular complexity index is 722. The molecule has 1 fully saturated rings. The zero-order chi connectivity index (χ0) is 18.2. The van der Waals surface area contributed by atoms with Crippen LogP contribution < -0.4 is 5.32 Å². The van der Waals surface area contributed by atoms with Crippen LogP contribution in [0.5, 0.6) is 0 Å². The van der Waals surface area contributed by atoms with Crippen molar-refractivity contribution in [2.75, 3.05) is 6.61 Å². The van der Waals surface area contributed by atoms with Crippen LogP contribution >= 0.6 is 11.6 Å². The van der Waals surface area contributed by atoms with Crippen LogP contribution in [0.25, 0.3) is 5.57 Å². The predicted octanol–water partition coefficient (Wildman–Crippen LogP) is 4.24. The van der Waals surface area contributed by atoms with E-state index >= 15 is 0 Å². The van der Waals surface area contributed by atoms with Crippen molar-refractivity contribution >= 4 is 23.1 Å². The first-order chi connectivity index (χ1) is 11.9. The third-order valence-corrected chi connectivity index (χ3v) is 5.47. The minimum Gasteiger partial charge on any atom is -0.509 e. The van der Waals surface area contributed by atoms with Gasteiger partial charge in [-0.15, -0.1) is 6.58 Å². The molecular weight excluding hydrogens is 338 g/mol. The van der Waals surface area contributed by atoms with Gasteiger partial charge in [0.15, 0.2) is 0 Å². The lowest BCUT2D eigenvalue weighted by atomic mass is 9.79. The van der Waals surface area contributed by atoms with E-state index in [2.05, 4.69) is 11.9 Å². The maximum absolute atomic E-state index is 12.7. The van der Waals surface area contributed by atoms with E-state index < -0.39 is 5.54 Å². The molecule has 134 valence electrons. The van der Waals surface area contributed by atoms with Crippen molar-refractivity contribution < 1.29 is 14.6 Å². The number of rotatable bonds is 4. The number of aliphatic hydroxyl groups is 1. The van der Waals surface area contributed by atoms with Gasteiger partial charge in [0.1, 0.15) is 5.76 Å². The maximum atomic E-state index is 12.7. The molecule has 4 nitrogen and oxygen atoms in total. The SMILES string of the molecule is C=CCOC1CCC2(CC1)NC(=O)C(c1c(C)cc(Cl)cc1C)=C2O. The second-order valence-corrected chi connectivity index (χ2v) is 7.43. The van der Waals surface area contributed by atoms with Gasteiger partial charge in [-0.25, -0.2) is 0 Å². The second-order valence-electron chi connectivity index (χ2n) is 7.00. The second kappa shape index (κ2) is 6.85. The van der Waals surface area contributed by atoms with E-state index in [0.29, 0.717) is 30.0 Å². The lowest BCUT2D eigenvalue weighted by molar-refractivity contribution is -0.116. The molecular formula is C20H24ClNO3. The average molecular weight is 362 g/mol. The van der Waals surface area contributed by atoms with Crippen LogP contribution in [-0.4, -0.2) is 29.3 Å². The van der Waals surface area contributed by atoms with Crippen LogP contribution in [0.15, 0.2) is 30.5 Å². The van der Waals surface area contributed by atoms with Crippen molar-refractivity contribution in [3.8, 4) is 0 Å². The summed E-state index contributed by atoms with van der Waals surface area (Å²) >= 11 is 6.10. The largest absolute Gasteiger partial charge is 0.509 e. The van der Waals surface area contributed by atoms with Gasteiger partial charge >= 0.3 is 0 Å². The zero-order valence-electron chi connectivity index (χ0n) is 14.7. The molecule has 0 unspecified atom stereocenters. The van der Waals surface area contributed by atoms with Gasteiger partial charge in [-0.1, -0.05) is 17.7 Å². The molecule has 0 bridgehead atoms. The molecule has 1 spiro atoms. The highest BCUT2D eigenvalue weighted by Crippen LogP contribution is 2.43. The van der Waals surface area contributed by atoms with E-state index in [4.69, 9.17) is 16.3 Å². The molecule has 1 heterocycles. The first-order valence-corrected chi connectivity index (χ1v) is 9.01. The molecule has 0 radical (unpaired) electrons. The smallest absolute Gasteiger partial charge is 0.256 e. The molecule has 1 aliphatic heterocycles. The Labute approximate surface area is 153 Å². The van der Waals surface area contributed by atoms with Crippen LogP contribution in [0.1, 0.15) is 42.4 Å². The number of benzene rings is 1. The Hall–Kier alpha value is -1.78. The van der Waals surface area contributed by atoms with E-state index in [1.807, 2.05) is 26.0 Å². The Morgan fingerprint density at radius 3 is 2.52 bits per heavy atom. The number of ether oxygens (including phenoxy) is 1. The number of hydrogen-bond donors (Lipinski definition) is 2. The third kappa shape index (κ3) is 3.21. The molecule has 1 aromatic rings. The molecule has 1 saturated carbocycles. The summed E-state index contributed by atoms with van der Waals surface area (Å²) in [5.74, 6) is -0.0512. The normalized spacial score (nSPS) is 26.2. The van der Waals surface area contributed by atoms with Crippen LogP contribution in [0, 0.1) is 13.8 Å². The van der Waals surface area contributed by atoms with Crippen molar-refractivity contribution in [2.24, 2.45) is 0 Å². The summed E-state index contributed by atoms with van der Waals surface area (Å²) < 4.78 is 5.72. The number of nitrogens with one attached hydrogen (secondary N) is 1. The number of aryl methyl sites for hydroxylation is 2. The van der Waals surface area contributed by atoms with Crippen molar-refractivity contribution in [1.29, 1.82) is 0 Å². The van der Waals surface area contributed by atoms with E-state index in [9.17, 15) is 9.90 Å². The van der Waals surface area contributed by atoms with Gasteiger partial charge in [-0.3, -0.25) is 4.79 Å². The number of aliphatic hydroxyl groups excluding tert-OH is 1. The van der Waals surface area contributed by atoms with Gasteiger partial charge in [0, 0.05) is 5.02 Å². The fourth-order valence-corrected chi connectivity index (χ4v) is 4.37. The highest BCUT2D eigenvalue weighted by molar-refractivity contribution is 6.31. The summed E-state index contributed by atoms with van der Waals surface area (Å²) in [7, 11) is 0. The van der Waals surface area contributed by atoms with Crippen molar-refractivity contribution in [2.45, 2.75) is 51.2 Å². The summed E-state index contributed by atoms with van der Waals surface area (Å²) in [6, 6.07) is 3.64. The van der Waals surface area contributed by atoms with Gasteiger partial charge in [-0.05, 0) is 68.4 Å². The number of carbonyl (C=O) groups is 1. The quantitative estimate of drug-likeness (QED) is 0.788. The Morgan fingerprint density at radius 1 is 1.36 bits per heavy atom. The molecule has 0 atom stereocenters. The third-order valence-electron chi connectivity index (χ3n) is 5.25. The molecule has 1 aromatic carbocycles. The molecule has 1 aliphatic carbocycles. The zero-order valence-corrected chi connectivity index (χ0v) is 15.4. The average Bonchev–Trinajstić information content (AvgIpc) is 2.78. The molecule has 25 heavy (non-hydrogen) atoms. The standard InChI is InChI=1S/C20H24ClNO3/c1-4-9-25-15-5-7-20(8-6-15)18(23)17(19(24)22-20)16-12(2)10-14(21)11-13(16)3/h4,10-11,15,23H,1,5-9H2,2-3H3,(H,22,24). The predicted molar refractivity (Wildman–Crippen MR) is 99.8 cm³/mol. The summed E-state index contributed by atoms with van der Waals surface area (Å²) in [5, 5.41) is 14.6. The topological polar surface area (TPSA) is 58.6 Å². The van der Waals surface area contributed by atoms with Gasteiger partial charge in [0.2, 0.25) is 0 Å². The molecule has 2 N–H and O–H groups in total. The number of amides is 1. The fraction of sp³-hybridized carbons (Fsp3) is 0.450. The first kappa shape index (κ1) is 18.0. The Morgan fingerprint density at radius 2 is 1.96 bits per heavy atom. The lowest BCUT2D eigenvalue weighted by Gasteiger charge is -2.37. The Kier molecular flexibility index (Phi) is 4.94. The van der Waals surface area contributed by atoms with E-state index in [1.54, 1.807) is 6.08 Å². The van der Waals surface area contributed by atoms with Crippen molar-refractivity contribution in [1.82, 2.24) is 5.32 Å². The summed E-state index contributed by atoms with van der Waals surface area (Å²) in [6.07, 6.45) is 4.82. The summed E-state index contributed by atoms with van der Waals surface area (Å²) in [4.78, 5) is 12.7. The summed E-state index contributed by atoms with van der Waals surface area (Å²) in [5.41, 5.74) is 2.28. The number of carbonyl (C=O) groups excluding carboxylic acids is 1. The maximum Gasteiger partial charge on any atom is 0.256 e. The highest BCUT2D eigenvalue weighted by Gasteiger charge is 2.48. The minimum absolute atomic E-state index is 0.149. The van der Waals surface area contributed by atoms with E-state index in [0.717, 1.165) is 29.5 Å². The number of halogens is 1. The Balaban J connectivity index is 1.92. The van der Waals surface area contributed by atoms with E-state index in [1.165, 1.54) is 0 Å². The lowest BCUT2D eigenvalue weighted by Crippen LogP contribution is -2.48.